The second-order valence-corrected chi connectivity index (χ2v) is 6.53. The van der Waals surface area contributed by atoms with E-state index < -0.39 is 23.6 Å². The Balaban J connectivity index is 1.82. The van der Waals surface area contributed by atoms with E-state index in [0.29, 0.717) is 18.5 Å². The van der Waals surface area contributed by atoms with Gasteiger partial charge in [0.05, 0.1) is 11.6 Å². The summed E-state index contributed by atoms with van der Waals surface area (Å²) in [6.07, 6.45) is 0.608. The maximum atomic E-state index is 14.2. The molecule has 0 saturated heterocycles. The third-order valence-corrected chi connectivity index (χ3v) is 4.89. The molecule has 27 heavy (non-hydrogen) atoms. The first-order chi connectivity index (χ1) is 13.0. The zero-order valence-electron chi connectivity index (χ0n) is 14.3. The molecule has 0 bridgehead atoms. The molecular formula is C22H16F3NO. The zero-order valence-corrected chi connectivity index (χ0v) is 14.3. The lowest BCUT2D eigenvalue weighted by Crippen LogP contribution is -2.41. The van der Waals surface area contributed by atoms with Gasteiger partial charge in [0.15, 0.2) is 0 Å². The van der Waals surface area contributed by atoms with Crippen LogP contribution in [0.4, 0.5) is 13.2 Å². The van der Waals surface area contributed by atoms with Gasteiger partial charge in [0.1, 0.15) is 17.5 Å². The summed E-state index contributed by atoms with van der Waals surface area (Å²) in [5, 5.41) is 0. The predicted octanol–water partition coefficient (Wildman–Crippen LogP) is 4.89. The Kier molecular flexibility index (Phi) is 4.44. The minimum Gasteiger partial charge on any atom is -0.327 e. The largest absolute Gasteiger partial charge is 0.327 e. The molecule has 3 aromatic carbocycles. The molecule has 0 saturated carbocycles. The van der Waals surface area contributed by atoms with Gasteiger partial charge in [-0.15, -0.1) is 0 Å². The molecule has 0 radical (unpaired) electrons. The average Bonchev–Trinajstić information content (AvgIpc) is 2.69. The van der Waals surface area contributed by atoms with Gasteiger partial charge >= 0.3 is 0 Å². The summed E-state index contributed by atoms with van der Waals surface area (Å²) in [4.78, 5) is 14.6. The normalized spacial score (nSPS) is 16.1. The van der Waals surface area contributed by atoms with Crippen LogP contribution in [-0.4, -0.2) is 17.4 Å². The van der Waals surface area contributed by atoms with Gasteiger partial charge in [-0.25, -0.2) is 13.2 Å². The summed E-state index contributed by atoms with van der Waals surface area (Å²) in [6, 6.07) is 15.9. The van der Waals surface area contributed by atoms with Crippen molar-refractivity contribution in [2.24, 2.45) is 0 Å². The molecule has 0 unspecified atom stereocenters. The number of amides is 1. The lowest BCUT2D eigenvalue weighted by Gasteiger charge is -2.38. The van der Waals surface area contributed by atoms with E-state index in [0.717, 1.165) is 29.3 Å². The highest BCUT2D eigenvalue weighted by Gasteiger charge is 2.33. The molecule has 1 heterocycles. The van der Waals surface area contributed by atoms with Crippen molar-refractivity contribution in [3.63, 3.8) is 0 Å². The molecule has 0 aliphatic carbocycles. The summed E-state index contributed by atoms with van der Waals surface area (Å²) in [5.74, 6) is -2.40. The van der Waals surface area contributed by atoms with E-state index in [1.807, 2.05) is 24.3 Å². The molecule has 5 heteroatoms. The molecule has 3 aromatic rings. The topological polar surface area (TPSA) is 20.3 Å². The lowest BCUT2D eigenvalue weighted by molar-refractivity contribution is 0.0689. The van der Waals surface area contributed by atoms with Crippen LogP contribution in [0.5, 0.6) is 0 Å². The van der Waals surface area contributed by atoms with Gasteiger partial charge in [-0.05, 0) is 53.4 Å². The highest BCUT2D eigenvalue weighted by Crippen LogP contribution is 2.36. The summed E-state index contributed by atoms with van der Waals surface area (Å²) in [7, 11) is 0. The third kappa shape index (κ3) is 3.21. The number of nitrogens with zero attached hydrogens (tertiary/aromatic N) is 1. The summed E-state index contributed by atoms with van der Waals surface area (Å²) in [5.41, 5.74) is 2.39. The van der Waals surface area contributed by atoms with Crippen LogP contribution in [0.25, 0.3) is 0 Å². The molecule has 0 N–H and O–H groups in total. The molecule has 0 aromatic heterocycles. The number of fused-ring (bicyclic) bond motifs is 1. The van der Waals surface area contributed by atoms with Crippen molar-refractivity contribution in [2.75, 3.05) is 6.54 Å². The van der Waals surface area contributed by atoms with E-state index in [1.54, 1.807) is 12.1 Å². The van der Waals surface area contributed by atoms with Crippen molar-refractivity contribution in [3.05, 3.63) is 106 Å². The minimum absolute atomic E-state index is 0.304. The molecule has 136 valence electrons. The van der Waals surface area contributed by atoms with Crippen LogP contribution in [0, 0.1) is 17.5 Å². The van der Waals surface area contributed by atoms with Crippen LogP contribution < -0.4 is 0 Å². The monoisotopic (exact) mass is 367 g/mol. The van der Waals surface area contributed by atoms with Crippen molar-refractivity contribution in [3.8, 4) is 0 Å². The molecular weight excluding hydrogens is 351 g/mol. The number of hydrogen-bond donors (Lipinski definition) is 0. The number of halogens is 3. The van der Waals surface area contributed by atoms with Crippen molar-refractivity contribution >= 4 is 5.91 Å². The van der Waals surface area contributed by atoms with Gasteiger partial charge in [-0.2, -0.15) is 0 Å². The Hall–Kier alpha value is -3.08. The highest BCUT2D eigenvalue weighted by molar-refractivity contribution is 5.95. The van der Waals surface area contributed by atoms with Crippen LogP contribution in [0.15, 0.2) is 66.7 Å². The number of benzene rings is 3. The van der Waals surface area contributed by atoms with Gasteiger partial charge in [-0.1, -0.05) is 36.4 Å². The number of hydrogen-bond acceptors (Lipinski definition) is 1. The predicted molar refractivity (Wildman–Crippen MR) is 95.8 cm³/mol. The molecule has 4 rings (SSSR count). The van der Waals surface area contributed by atoms with Gasteiger partial charge in [0.25, 0.3) is 5.91 Å². The van der Waals surface area contributed by atoms with Gasteiger partial charge < -0.3 is 4.90 Å². The van der Waals surface area contributed by atoms with Crippen molar-refractivity contribution in [2.45, 2.75) is 12.5 Å². The third-order valence-electron chi connectivity index (χ3n) is 4.89. The van der Waals surface area contributed by atoms with Crippen LogP contribution in [0.1, 0.15) is 33.1 Å². The van der Waals surface area contributed by atoms with Crippen LogP contribution in [0.2, 0.25) is 0 Å². The quantitative estimate of drug-likeness (QED) is 0.631. The highest BCUT2D eigenvalue weighted by atomic mass is 19.1. The van der Waals surface area contributed by atoms with Crippen molar-refractivity contribution in [1.82, 2.24) is 4.90 Å². The van der Waals surface area contributed by atoms with Gasteiger partial charge in [-0.3, -0.25) is 4.79 Å². The Morgan fingerprint density at radius 1 is 0.889 bits per heavy atom. The average molecular weight is 367 g/mol. The first kappa shape index (κ1) is 17.3. The molecule has 1 aliphatic rings. The van der Waals surface area contributed by atoms with Crippen molar-refractivity contribution < 1.29 is 18.0 Å². The van der Waals surface area contributed by atoms with Gasteiger partial charge in [0, 0.05) is 6.54 Å². The number of carbonyl (C=O) groups is 1. The Morgan fingerprint density at radius 2 is 1.59 bits per heavy atom. The van der Waals surface area contributed by atoms with Crippen LogP contribution in [-0.2, 0) is 6.42 Å². The molecule has 1 atom stereocenters. The van der Waals surface area contributed by atoms with E-state index in [-0.39, 0.29) is 11.4 Å². The van der Waals surface area contributed by atoms with E-state index in [4.69, 9.17) is 0 Å². The van der Waals surface area contributed by atoms with E-state index in [1.165, 1.54) is 17.0 Å². The van der Waals surface area contributed by atoms with E-state index in [9.17, 15) is 18.0 Å². The lowest BCUT2D eigenvalue weighted by atomic mass is 9.87. The maximum absolute atomic E-state index is 14.2. The van der Waals surface area contributed by atoms with Crippen LogP contribution in [0.3, 0.4) is 0 Å². The minimum atomic E-state index is -0.766. The first-order valence-corrected chi connectivity index (χ1v) is 8.64. The fraction of sp³-hybridized carbons (Fsp3) is 0.136. The van der Waals surface area contributed by atoms with E-state index in [2.05, 4.69) is 0 Å². The Labute approximate surface area is 154 Å². The Morgan fingerprint density at radius 3 is 2.37 bits per heavy atom. The van der Waals surface area contributed by atoms with Crippen LogP contribution >= 0.6 is 0 Å². The van der Waals surface area contributed by atoms with Gasteiger partial charge in [0.2, 0.25) is 0 Å². The smallest absolute Gasteiger partial charge is 0.257 e. The maximum Gasteiger partial charge on any atom is 0.257 e. The summed E-state index contributed by atoms with van der Waals surface area (Å²) < 4.78 is 41.2. The summed E-state index contributed by atoms with van der Waals surface area (Å²) >= 11 is 0. The SMILES string of the molecule is O=C(c1cc(F)ccc1F)N1CCc2ccccc2[C@H]1c1ccc(F)cc1. The molecule has 1 amide bonds. The molecule has 2 nitrogen and oxygen atoms in total. The second-order valence-electron chi connectivity index (χ2n) is 6.53. The van der Waals surface area contributed by atoms with Crippen molar-refractivity contribution in [1.29, 1.82) is 0 Å². The first-order valence-electron chi connectivity index (χ1n) is 8.64. The number of rotatable bonds is 2. The molecule has 1 aliphatic heterocycles. The Bertz CT molecular complexity index is 1000. The fourth-order valence-corrected chi connectivity index (χ4v) is 3.61. The molecule has 0 fully saturated rings. The molecule has 0 spiro atoms. The van der Waals surface area contributed by atoms with E-state index >= 15 is 0 Å². The zero-order chi connectivity index (χ0) is 19.0. The number of carbonyl (C=O) groups excluding carboxylic acids is 1. The standard InChI is InChI=1S/C22H16F3NO/c23-16-7-5-15(6-8-16)21-18-4-2-1-3-14(18)11-12-26(21)22(27)19-13-17(24)9-10-20(19)25/h1-10,13,21H,11-12H2/t21-/m1/s1. The summed E-state index contributed by atoms with van der Waals surface area (Å²) in [6.45, 7) is 0.355. The second kappa shape index (κ2) is 6.91. The fourth-order valence-electron chi connectivity index (χ4n) is 3.61.